The maximum Gasteiger partial charge on any atom is 0.248 e. The average molecular weight is 257 g/mol. The highest BCUT2D eigenvalue weighted by molar-refractivity contribution is 7.08. The fourth-order valence-corrected chi connectivity index (χ4v) is 2.31. The molecule has 0 unspecified atom stereocenters. The topological polar surface area (TPSA) is 64.9 Å². The Morgan fingerprint density at radius 2 is 2.00 bits per heavy atom. The molecule has 1 atom stereocenters. The molecule has 0 saturated carbocycles. The van der Waals surface area contributed by atoms with Gasteiger partial charge in [-0.3, -0.25) is 0 Å². The molecular formula is C13H11N3OS. The fraction of sp³-hybridized carbons (Fsp3) is 0.0769. The molecule has 0 fully saturated rings. The van der Waals surface area contributed by atoms with Gasteiger partial charge in [-0.2, -0.15) is 16.3 Å². The molecule has 3 rings (SSSR count). The molecule has 1 aromatic carbocycles. The van der Waals surface area contributed by atoms with Crippen LogP contribution in [0.15, 0.2) is 51.7 Å². The summed E-state index contributed by atoms with van der Waals surface area (Å²) in [5, 5.41) is 7.90. The van der Waals surface area contributed by atoms with Gasteiger partial charge in [0.05, 0.1) is 0 Å². The number of hydrogen-bond acceptors (Lipinski definition) is 5. The van der Waals surface area contributed by atoms with Gasteiger partial charge < -0.3 is 10.3 Å². The highest BCUT2D eigenvalue weighted by Crippen LogP contribution is 2.22. The Morgan fingerprint density at radius 3 is 2.72 bits per heavy atom. The molecule has 0 spiro atoms. The van der Waals surface area contributed by atoms with E-state index >= 15 is 0 Å². The van der Waals surface area contributed by atoms with Gasteiger partial charge in [0.25, 0.3) is 0 Å². The van der Waals surface area contributed by atoms with Crippen LogP contribution >= 0.6 is 11.3 Å². The van der Waals surface area contributed by atoms with Crippen LogP contribution < -0.4 is 5.73 Å². The number of rotatable bonds is 3. The predicted octanol–water partition coefficient (Wildman–Crippen LogP) is 2.85. The molecule has 0 radical (unpaired) electrons. The van der Waals surface area contributed by atoms with E-state index in [4.69, 9.17) is 10.3 Å². The van der Waals surface area contributed by atoms with E-state index in [0.29, 0.717) is 11.7 Å². The van der Waals surface area contributed by atoms with Crippen molar-refractivity contribution in [3.8, 4) is 11.4 Å². The number of thiophene rings is 1. The second-order valence-corrected chi connectivity index (χ2v) is 4.64. The van der Waals surface area contributed by atoms with E-state index in [-0.39, 0.29) is 6.04 Å². The van der Waals surface area contributed by atoms with Crippen LogP contribution in [0.4, 0.5) is 0 Å². The van der Waals surface area contributed by atoms with Crippen molar-refractivity contribution in [1.29, 1.82) is 0 Å². The smallest absolute Gasteiger partial charge is 0.248 e. The number of nitrogens with zero attached hydrogens (tertiary/aromatic N) is 2. The van der Waals surface area contributed by atoms with Crippen molar-refractivity contribution in [2.45, 2.75) is 6.04 Å². The van der Waals surface area contributed by atoms with Gasteiger partial charge in [-0.05, 0) is 17.0 Å². The Labute approximate surface area is 108 Å². The number of aromatic nitrogens is 2. The van der Waals surface area contributed by atoms with Crippen molar-refractivity contribution in [2.75, 3.05) is 0 Å². The summed E-state index contributed by atoms with van der Waals surface area (Å²) in [6.45, 7) is 0. The summed E-state index contributed by atoms with van der Waals surface area (Å²) in [4.78, 5) is 4.33. The van der Waals surface area contributed by atoms with Crippen LogP contribution in [0, 0.1) is 0 Å². The first kappa shape index (κ1) is 11.1. The molecular weight excluding hydrogens is 246 g/mol. The second-order valence-electron chi connectivity index (χ2n) is 3.86. The third-order valence-electron chi connectivity index (χ3n) is 2.65. The zero-order valence-electron chi connectivity index (χ0n) is 9.48. The molecule has 4 nitrogen and oxygen atoms in total. The lowest BCUT2D eigenvalue weighted by atomic mass is 10.1. The first-order valence-electron chi connectivity index (χ1n) is 5.51. The number of benzene rings is 1. The van der Waals surface area contributed by atoms with Crippen LogP contribution in [0.3, 0.4) is 0 Å². The van der Waals surface area contributed by atoms with Gasteiger partial charge in [0, 0.05) is 10.9 Å². The molecule has 2 N–H and O–H groups in total. The van der Waals surface area contributed by atoms with Gasteiger partial charge in [0.2, 0.25) is 11.7 Å². The Kier molecular flexibility index (Phi) is 2.92. The lowest BCUT2D eigenvalue weighted by Gasteiger charge is -2.05. The molecule has 3 aromatic rings. The maximum absolute atomic E-state index is 6.09. The molecule has 0 aliphatic rings. The molecule has 0 aliphatic carbocycles. The summed E-state index contributed by atoms with van der Waals surface area (Å²) in [6.07, 6.45) is 0. The van der Waals surface area contributed by atoms with E-state index in [2.05, 4.69) is 10.1 Å². The van der Waals surface area contributed by atoms with E-state index < -0.39 is 0 Å². The minimum Gasteiger partial charge on any atom is -0.337 e. The van der Waals surface area contributed by atoms with Crippen LogP contribution in [0.1, 0.15) is 17.5 Å². The minimum atomic E-state index is -0.383. The highest BCUT2D eigenvalue weighted by Gasteiger charge is 2.17. The zero-order valence-corrected chi connectivity index (χ0v) is 10.3. The highest BCUT2D eigenvalue weighted by atomic mass is 32.1. The maximum atomic E-state index is 6.09. The van der Waals surface area contributed by atoms with Gasteiger partial charge in [0.1, 0.15) is 6.04 Å². The fourth-order valence-electron chi connectivity index (χ4n) is 1.67. The van der Waals surface area contributed by atoms with Crippen LogP contribution in [-0.4, -0.2) is 10.1 Å². The number of hydrogen-bond donors (Lipinski definition) is 1. The van der Waals surface area contributed by atoms with E-state index in [1.165, 1.54) is 0 Å². The van der Waals surface area contributed by atoms with Crippen LogP contribution in [0.2, 0.25) is 0 Å². The summed E-state index contributed by atoms with van der Waals surface area (Å²) < 4.78 is 5.22. The monoisotopic (exact) mass is 257 g/mol. The summed E-state index contributed by atoms with van der Waals surface area (Å²) in [5.41, 5.74) is 8.00. The Balaban J connectivity index is 1.90. The number of nitrogens with two attached hydrogens (primary N) is 1. The van der Waals surface area contributed by atoms with Crippen molar-refractivity contribution in [2.24, 2.45) is 5.73 Å². The third-order valence-corrected chi connectivity index (χ3v) is 3.33. The molecule has 0 bridgehead atoms. The van der Waals surface area contributed by atoms with Gasteiger partial charge in [-0.25, -0.2) is 0 Å². The quantitative estimate of drug-likeness (QED) is 0.783. The standard InChI is InChI=1S/C13H11N3OS/c14-11(9-4-2-1-3-5-9)13-15-12(16-17-13)10-6-7-18-8-10/h1-8,11H,14H2/t11-/m0/s1. The van der Waals surface area contributed by atoms with Crippen LogP contribution in [0.25, 0.3) is 11.4 Å². The lowest BCUT2D eigenvalue weighted by Crippen LogP contribution is -2.11. The predicted molar refractivity (Wildman–Crippen MR) is 70.1 cm³/mol. The molecule has 2 aromatic heterocycles. The minimum absolute atomic E-state index is 0.383. The molecule has 5 heteroatoms. The molecule has 2 heterocycles. The lowest BCUT2D eigenvalue weighted by molar-refractivity contribution is 0.367. The van der Waals surface area contributed by atoms with E-state index in [0.717, 1.165) is 11.1 Å². The van der Waals surface area contributed by atoms with Crippen molar-refractivity contribution in [3.05, 3.63) is 58.6 Å². The molecule has 0 saturated heterocycles. The Bertz CT molecular complexity index is 619. The van der Waals surface area contributed by atoms with Crippen molar-refractivity contribution >= 4 is 11.3 Å². The van der Waals surface area contributed by atoms with Gasteiger partial charge in [0.15, 0.2) is 0 Å². The second kappa shape index (κ2) is 4.72. The van der Waals surface area contributed by atoms with Gasteiger partial charge in [-0.15, -0.1) is 0 Å². The Morgan fingerprint density at radius 1 is 1.17 bits per heavy atom. The first-order valence-corrected chi connectivity index (χ1v) is 6.45. The summed E-state index contributed by atoms with van der Waals surface area (Å²) >= 11 is 1.60. The molecule has 18 heavy (non-hydrogen) atoms. The Hall–Kier alpha value is -1.98. The van der Waals surface area contributed by atoms with Crippen molar-refractivity contribution < 1.29 is 4.52 Å². The van der Waals surface area contributed by atoms with E-state index in [1.807, 2.05) is 47.2 Å². The normalized spacial score (nSPS) is 12.5. The van der Waals surface area contributed by atoms with E-state index in [1.54, 1.807) is 11.3 Å². The summed E-state index contributed by atoms with van der Waals surface area (Å²) in [7, 11) is 0. The SMILES string of the molecule is N[C@@H](c1ccccc1)c1nc(-c2ccsc2)no1. The molecule has 90 valence electrons. The van der Waals surface area contributed by atoms with Gasteiger partial charge >= 0.3 is 0 Å². The summed E-state index contributed by atoms with van der Waals surface area (Å²) in [6, 6.07) is 11.3. The van der Waals surface area contributed by atoms with Crippen molar-refractivity contribution in [3.63, 3.8) is 0 Å². The average Bonchev–Trinajstić information content (AvgIpc) is 3.09. The molecule has 0 aliphatic heterocycles. The van der Waals surface area contributed by atoms with E-state index in [9.17, 15) is 0 Å². The van der Waals surface area contributed by atoms with Gasteiger partial charge in [-0.1, -0.05) is 35.5 Å². The third kappa shape index (κ3) is 2.05. The zero-order chi connectivity index (χ0) is 12.4. The molecule has 0 amide bonds. The first-order chi connectivity index (χ1) is 8.84. The van der Waals surface area contributed by atoms with Crippen molar-refractivity contribution in [1.82, 2.24) is 10.1 Å². The largest absolute Gasteiger partial charge is 0.337 e. The van der Waals surface area contributed by atoms with Crippen LogP contribution in [0.5, 0.6) is 0 Å². The summed E-state index contributed by atoms with van der Waals surface area (Å²) in [5.74, 6) is 1.01. The van der Waals surface area contributed by atoms with Crippen LogP contribution in [-0.2, 0) is 0 Å².